The second-order valence-electron chi connectivity index (χ2n) is 6.49. The fourth-order valence-electron chi connectivity index (χ4n) is 3.15. The van der Waals surface area contributed by atoms with E-state index in [1.165, 1.54) is 11.3 Å². The van der Waals surface area contributed by atoms with E-state index in [0.717, 1.165) is 21.2 Å². The molecule has 0 aliphatic carbocycles. The number of hydrogen-bond acceptors (Lipinski definition) is 5. The lowest BCUT2D eigenvalue weighted by Gasteiger charge is -2.13. The summed E-state index contributed by atoms with van der Waals surface area (Å²) in [7, 11) is 0. The fourth-order valence-corrected chi connectivity index (χ4v) is 4.18. The van der Waals surface area contributed by atoms with Gasteiger partial charge in [0.1, 0.15) is 4.83 Å². The van der Waals surface area contributed by atoms with Crippen molar-refractivity contribution in [1.82, 2.24) is 9.97 Å². The maximum absolute atomic E-state index is 12.7. The van der Waals surface area contributed by atoms with Gasteiger partial charge in [-0.1, -0.05) is 36.4 Å². The average Bonchev–Trinajstić information content (AvgIpc) is 2.95. The Bertz CT molecular complexity index is 1230. The minimum atomic E-state index is -0.670. The maximum atomic E-state index is 12.7. The van der Waals surface area contributed by atoms with Crippen LogP contribution in [-0.4, -0.2) is 15.9 Å². The number of hydrogen-bond donors (Lipinski definition) is 1. The molecule has 0 bridgehead atoms. The van der Waals surface area contributed by atoms with E-state index in [9.17, 15) is 9.59 Å². The number of carbonyl (C=O) groups is 1. The van der Waals surface area contributed by atoms with Crippen LogP contribution in [0, 0.1) is 13.8 Å². The molecule has 2 aromatic heterocycles. The summed E-state index contributed by atoms with van der Waals surface area (Å²) in [4.78, 5) is 34.1. The lowest BCUT2D eigenvalue weighted by atomic mass is 10.0. The Morgan fingerprint density at radius 1 is 1.15 bits per heavy atom. The standard InChI is InChI=1S/C21H18N2O3S/c1-11-13(3)27-20-17(11)19(24)22-18(23-20)12(2)26-21(25)16-10-6-8-14-7-4-5-9-15(14)16/h4-10,12H,1-3H3,(H,22,23,24)/t12-/m0/s1. The summed E-state index contributed by atoms with van der Waals surface area (Å²) in [6, 6.07) is 13.2. The molecule has 4 aromatic rings. The molecule has 5 nitrogen and oxygen atoms in total. The molecule has 0 saturated heterocycles. The van der Waals surface area contributed by atoms with Crippen LogP contribution in [0.3, 0.4) is 0 Å². The Balaban J connectivity index is 1.67. The zero-order valence-corrected chi connectivity index (χ0v) is 16.0. The molecule has 27 heavy (non-hydrogen) atoms. The van der Waals surface area contributed by atoms with Crippen molar-refractivity contribution in [3.8, 4) is 0 Å². The summed E-state index contributed by atoms with van der Waals surface area (Å²) >= 11 is 1.47. The molecule has 0 saturated carbocycles. The van der Waals surface area contributed by atoms with Gasteiger partial charge in [-0.2, -0.15) is 0 Å². The van der Waals surface area contributed by atoms with Crippen molar-refractivity contribution in [3.05, 3.63) is 74.6 Å². The van der Waals surface area contributed by atoms with Crippen molar-refractivity contribution in [3.63, 3.8) is 0 Å². The molecular formula is C21H18N2O3S. The number of aromatic nitrogens is 2. The first-order valence-electron chi connectivity index (χ1n) is 8.64. The van der Waals surface area contributed by atoms with Gasteiger partial charge in [-0.25, -0.2) is 9.78 Å². The van der Waals surface area contributed by atoms with Crippen LogP contribution in [0.5, 0.6) is 0 Å². The van der Waals surface area contributed by atoms with E-state index < -0.39 is 12.1 Å². The summed E-state index contributed by atoms with van der Waals surface area (Å²) in [5.74, 6) is -0.0945. The fraction of sp³-hybridized carbons (Fsp3) is 0.190. The minimum absolute atomic E-state index is 0.204. The van der Waals surface area contributed by atoms with E-state index in [2.05, 4.69) is 9.97 Å². The minimum Gasteiger partial charge on any atom is -0.451 e. The third kappa shape index (κ3) is 3.02. The molecule has 0 spiro atoms. The quantitative estimate of drug-likeness (QED) is 0.526. The van der Waals surface area contributed by atoms with Crippen molar-refractivity contribution in [2.45, 2.75) is 26.9 Å². The van der Waals surface area contributed by atoms with E-state index in [1.807, 2.05) is 50.2 Å². The van der Waals surface area contributed by atoms with E-state index >= 15 is 0 Å². The number of fused-ring (bicyclic) bond motifs is 2. The highest BCUT2D eigenvalue weighted by Crippen LogP contribution is 2.27. The molecular weight excluding hydrogens is 360 g/mol. The van der Waals surface area contributed by atoms with Gasteiger partial charge in [0.25, 0.3) is 5.56 Å². The van der Waals surface area contributed by atoms with Crippen LogP contribution in [0.1, 0.15) is 39.7 Å². The molecule has 0 radical (unpaired) electrons. The van der Waals surface area contributed by atoms with Crippen LogP contribution in [0.2, 0.25) is 0 Å². The van der Waals surface area contributed by atoms with Gasteiger partial charge in [0.2, 0.25) is 0 Å². The van der Waals surface area contributed by atoms with Crippen molar-refractivity contribution in [2.24, 2.45) is 0 Å². The lowest BCUT2D eigenvalue weighted by Crippen LogP contribution is -2.17. The molecule has 2 aromatic carbocycles. The molecule has 0 fully saturated rings. The average molecular weight is 378 g/mol. The van der Waals surface area contributed by atoms with Gasteiger partial charge in [-0.3, -0.25) is 4.79 Å². The molecule has 2 heterocycles. The summed E-state index contributed by atoms with van der Waals surface area (Å²) in [6.45, 7) is 5.58. The van der Waals surface area contributed by atoms with Crippen LogP contribution in [0.4, 0.5) is 0 Å². The largest absolute Gasteiger partial charge is 0.451 e. The second-order valence-corrected chi connectivity index (χ2v) is 7.69. The van der Waals surface area contributed by atoms with Gasteiger partial charge in [0.15, 0.2) is 11.9 Å². The Labute approximate surface area is 159 Å². The third-order valence-corrected chi connectivity index (χ3v) is 5.84. The van der Waals surface area contributed by atoms with Gasteiger partial charge in [0.05, 0.1) is 10.9 Å². The van der Waals surface area contributed by atoms with Crippen molar-refractivity contribution < 1.29 is 9.53 Å². The topological polar surface area (TPSA) is 72.0 Å². The number of H-pyrrole nitrogens is 1. The van der Waals surface area contributed by atoms with Crippen molar-refractivity contribution in [1.29, 1.82) is 0 Å². The number of nitrogens with one attached hydrogen (secondary N) is 1. The molecule has 136 valence electrons. The van der Waals surface area contributed by atoms with E-state index in [4.69, 9.17) is 4.74 Å². The van der Waals surface area contributed by atoms with Gasteiger partial charge in [-0.05, 0) is 43.2 Å². The Kier molecular flexibility index (Phi) is 4.28. The van der Waals surface area contributed by atoms with E-state index in [-0.39, 0.29) is 5.56 Å². The van der Waals surface area contributed by atoms with Crippen LogP contribution < -0.4 is 5.56 Å². The summed E-state index contributed by atoms with van der Waals surface area (Å²) < 4.78 is 5.60. The molecule has 0 aliphatic rings. The Hall–Kier alpha value is -2.99. The Morgan fingerprint density at radius 2 is 1.89 bits per heavy atom. The molecule has 1 atom stereocenters. The predicted molar refractivity (Wildman–Crippen MR) is 107 cm³/mol. The SMILES string of the molecule is Cc1sc2nc([C@H](C)OC(=O)c3cccc4ccccc34)[nH]c(=O)c2c1C. The monoisotopic (exact) mass is 378 g/mol. The third-order valence-electron chi connectivity index (χ3n) is 4.74. The molecule has 6 heteroatoms. The number of carbonyl (C=O) groups excluding carboxylic acids is 1. The summed E-state index contributed by atoms with van der Waals surface area (Å²) in [6.07, 6.45) is -0.670. The van der Waals surface area contributed by atoms with Gasteiger partial charge in [-0.15, -0.1) is 11.3 Å². The zero-order chi connectivity index (χ0) is 19.1. The van der Waals surface area contributed by atoms with Crippen LogP contribution in [0.15, 0.2) is 47.3 Å². The number of benzene rings is 2. The van der Waals surface area contributed by atoms with Crippen molar-refractivity contribution in [2.75, 3.05) is 0 Å². The van der Waals surface area contributed by atoms with Gasteiger partial charge >= 0.3 is 5.97 Å². The molecule has 1 N–H and O–H groups in total. The highest BCUT2D eigenvalue weighted by atomic mass is 32.1. The molecule has 4 rings (SSSR count). The molecule has 0 unspecified atom stereocenters. The highest BCUT2D eigenvalue weighted by Gasteiger charge is 2.20. The van der Waals surface area contributed by atoms with Crippen LogP contribution in [-0.2, 0) is 4.74 Å². The smallest absolute Gasteiger partial charge is 0.339 e. The second kappa shape index (κ2) is 6.63. The number of ether oxygens (including phenoxy) is 1. The number of aromatic amines is 1. The van der Waals surface area contributed by atoms with Crippen LogP contribution in [0.25, 0.3) is 21.0 Å². The number of rotatable bonds is 3. The van der Waals surface area contributed by atoms with Crippen LogP contribution >= 0.6 is 11.3 Å². The first-order chi connectivity index (χ1) is 13.0. The zero-order valence-electron chi connectivity index (χ0n) is 15.2. The van der Waals surface area contributed by atoms with E-state index in [1.54, 1.807) is 13.0 Å². The number of aryl methyl sites for hydroxylation is 2. The first-order valence-corrected chi connectivity index (χ1v) is 9.46. The first kappa shape index (κ1) is 17.4. The lowest BCUT2D eigenvalue weighted by molar-refractivity contribution is 0.0322. The Morgan fingerprint density at radius 3 is 2.70 bits per heavy atom. The van der Waals surface area contributed by atoms with Crippen molar-refractivity contribution >= 4 is 38.3 Å². The molecule has 0 amide bonds. The number of esters is 1. The summed E-state index contributed by atoms with van der Waals surface area (Å²) in [5, 5.41) is 2.41. The van der Waals surface area contributed by atoms with Gasteiger partial charge < -0.3 is 9.72 Å². The predicted octanol–water partition coefficient (Wildman–Crippen LogP) is 4.67. The highest BCUT2D eigenvalue weighted by molar-refractivity contribution is 7.18. The maximum Gasteiger partial charge on any atom is 0.339 e. The van der Waals surface area contributed by atoms with Gasteiger partial charge in [0, 0.05) is 4.88 Å². The normalized spacial score (nSPS) is 12.4. The number of thiophene rings is 1. The summed E-state index contributed by atoms with van der Waals surface area (Å²) in [5.41, 5.74) is 1.23. The number of nitrogens with zero attached hydrogens (tertiary/aromatic N) is 1. The molecule has 0 aliphatic heterocycles. The van der Waals surface area contributed by atoms with E-state index in [0.29, 0.717) is 21.6 Å².